The lowest BCUT2D eigenvalue weighted by Crippen LogP contribution is -2.23. The number of hydrogen-bond acceptors (Lipinski definition) is 1. The minimum absolute atomic E-state index is 0.543. The number of rotatable bonds is 0. The molecule has 2 fully saturated rings. The van der Waals surface area contributed by atoms with Gasteiger partial charge in [-0.05, 0) is 38.0 Å². The van der Waals surface area contributed by atoms with Gasteiger partial charge in [-0.2, -0.15) is 0 Å². The van der Waals surface area contributed by atoms with E-state index in [0.29, 0.717) is 6.10 Å². The van der Waals surface area contributed by atoms with E-state index >= 15 is 0 Å². The van der Waals surface area contributed by atoms with Crippen LogP contribution in [0.25, 0.3) is 0 Å². The van der Waals surface area contributed by atoms with Crippen LogP contribution < -0.4 is 0 Å². The first kappa shape index (κ1) is 5.72. The molecule has 0 bridgehead atoms. The molecule has 0 N–H and O–H groups in total. The van der Waals surface area contributed by atoms with E-state index in [0.717, 1.165) is 12.0 Å². The molecule has 1 saturated carbocycles. The van der Waals surface area contributed by atoms with Crippen molar-refractivity contribution in [1.82, 2.24) is 0 Å². The van der Waals surface area contributed by atoms with E-state index in [1.54, 1.807) is 0 Å². The molecule has 0 aromatic rings. The third-order valence-corrected chi connectivity index (χ3v) is 2.71. The fourth-order valence-corrected chi connectivity index (χ4v) is 1.88. The van der Waals surface area contributed by atoms with Gasteiger partial charge in [0.05, 0.1) is 6.10 Å². The maximum absolute atomic E-state index is 5.45. The Labute approximate surface area is 56.4 Å². The molecule has 1 aliphatic carbocycles. The zero-order valence-corrected chi connectivity index (χ0v) is 6.02. The molecular weight excluding hydrogens is 112 g/mol. The number of ether oxygens (including phenoxy) is 1. The van der Waals surface area contributed by atoms with E-state index < -0.39 is 0 Å². The summed E-state index contributed by atoms with van der Waals surface area (Å²) in [5.74, 6) is 0. The summed E-state index contributed by atoms with van der Waals surface area (Å²) < 4.78 is 5.45. The normalized spacial score (nSPS) is 39.0. The molecule has 1 heterocycles. The van der Waals surface area contributed by atoms with E-state index in [-0.39, 0.29) is 0 Å². The van der Waals surface area contributed by atoms with Crippen molar-refractivity contribution in [3.8, 4) is 0 Å². The molecular formula is C8H14O. The molecule has 1 spiro atoms. The number of hydrogen-bond donors (Lipinski definition) is 0. The standard InChI is InChI=1S/C8H14O/c1-7-6-8(2-3-8)4-5-9-7/h7H,2-6H2,1H3/t7-/m1/s1. The lowest BCUT2D eigenvalue weighted by atomic mass is 9.93. The van der Waals surface area contributed by atoms with E-state index in [9.17, 15) is 0 Å². The van der Waals surface area contributed by atoms with Crippen molar-refractivity contribution >= 4 is 0 Å². The smallest absolute Gasteiger partial charge is 0.0552 e. The van der Waals surface area contributed by atoms with Crippen LogP contribution in [0.3, 0.4) is 0 Å². The Morgan fingerprint density at radius 3 is 2.56 bits per heavy atom. The highest BCUT2D eigenvalue weighted by Gasteiger charge is 2.45. The van der Waals surface area contributed by atoms with Gasteiger partial charge in [0.1, 0.15) is 0 Å². The fraction of sp³-hybridized carbons (Fsp3) is 1.00. The van der Waals surface area contributed by atoms with Crippen molar-refractivity contribution in [2.45, 2.75) is 38.7 Å². The van der Waals surface area contributed by atoms with Crippen LogP contribution in [0.2, 0.25) is 0 Å². The Kier molecular flexibility index (Phi) is 1.10. The third kappa shape index (κ3) is 0.983. The molecule has 0 amide bonds. The van der Waals surface area contributed by atoms with Crippen molar-refractivity contribution < 1.29 is 4.74 Å². The first-order valence-electron chi connectivity index (χ1n) is 3.92. The summed E-state index contributed by atoms with van der Waals surface area (Å²) in [6, 6.07) is 0. The van der Waals surface area contributed by atoms with Gasteiger partial charge >= 0.3 is 0 Å². The Morgan fingerprint density at radius 1 is 1.33 bits per heavy atom. The molecule has 1 nitrogen and oxygen atoms in total. The van der Waals surface area contributed by atoms with Crippen LogP contribution in [0.5, 0.6) is 0 Å². The highest BCUT2D eigenvalue weighted by atomic mass is 16.5. The van der Waals surface area contributed by atoms with Gasteiger partial charge in [-0.25, -0.2) is 0 Å². The average Bonchev–Trinajstić information content (AvgIpc) is 2.49. The summed E-state index contributed by atoms with van der Waals surface area (Å²) in [6.45, 7) is 3.21. The highest BCUT2D eigenvalue weighted by molar-refractivity contribution is 4.95. The summed E-state index contributed by atoms with van der Waals surface area (Å²) in [6.07, 6.45) is 6.15. The Balaban J connectivity index is 1.96. The fourth-order valence-electron chi connectivity index (χ4n) is 1.88. The molecule has 1 saturated heterocycles. The van der Waals surface area contributed by atoms with Crippen LogP contribution >= 0.6 is 0 Å². The maximum Gasteiger partial charge on any atom is 0.0552 e. The summed E-state index contributed by atoms with van der Waals surface area (Å²) in [4.78, 5) is 0. The second-order valence-corrected chi connectivity index (χ2v) is 3.64. The Bertz CT molecular complexity index is 116. The van der Waals surface area contributed by atoms with Gasteiger partial charge in [-0.1, -0.05) is 0 Å². The summed E-state index contributed by atoms with van der Waals surface area (Å²) in [7, 11) is 0. The van der Waals surface area contributed by atoms with Gasteiger partial charge in [-0.15, -0.1) is 0 Å². The van der Waals surface area contributed by atoms with Crippen LogP contribution in [0.15, 0.2) is 0 Å². The zero-order valence-electron chi connectivity index (χ0n) is 6.02. The molecule has 0 unspecified atom stereocenters. The second-order valence-electron chi connectivity index (χ2n) is 3.64. The molecule has 2 aliphatic rings. The second kappa shape index (κ2) is 1.72. The third-order valence-electron chi connectivity index (χ3n) is 2.71. The first-order valence-corrected chi connectivity index (χ1v) is 3.92. The van der Waals surface area contributed by atoms with Crippen LogP contribution in [-0.2, 0) is 4.74 Å². The van der Waals surface area contributed by atoms with Crippen molar-refractivity contribution in [2.24, 2.45) is 5.41 Å². The van der Waals surface area contributed by atoms with Gasteiger partial charge in [0, 0.05) is 6.61 Å². The van der Waals surface area contributed by atoms with Crippen LogP contribution in [0, 0.1) is 5.41 Å². The Hall–Kier alpha value is -0.0400. The Morgan fingerprint density at radius 2 is 2.11 bits per heavy atom. The molecule has 1 aliphatic heterocycles. The van der Waals surface area contributed by atoms with E-state index in [2.05, 4.69) is 6.92 Å². The van der Waals surface area contributed by atoms with Gasteiger partial charge in [0.15, 0.2) is 0 Å². The maximum atomic E-state index is 5.45. The lowest BCUT2D eigenvalue weighted by Gasteiger charge is -2.26. The van der Waals surface area contributed by atoms with Crippen molar-refractivity contribution in [3.63, 3.8) is 0 Å². The molecule has 1 atom stereocenters. The van der Waals surface area contributed by atoms with Crippen molar-refractivity contribution in [3.05, 3.63) is 0 Å². The lowest BCUT2D eigenvalue weighted by molar-refractivity contribution is -0.00484. The van der Waals surface area contributed by atoms with Gasteiger partial charge in [0.25, 0.3) is 0 Å². The quantitative estimate of drug-likeness (QED) is 0.482. The predicted molar refractivity (Wildman–Crippen MR) is 36.3 cm³/mol. The summed E-state index contributed by atoms with van der Waals surface area (Å²) >= 11 is 0. The predicted octanol–water partition coefficient (Wildman–Crippen LogP) is 1.97. The monoisotopic (exact) mass is 126 g/mol. The average molecular weight is 126 g/mol. The SMILES string of the molecule is C[C@@H]1CC2(CCO1)CC2. The first-order chi connectivity index (χ1) is 4.31. The molecule has 2 rings (SSSR count). The molecule has 52 valence electrons. The minimum atomic E-state index is 0.543. The summed E-state index contributed by atoms with van der Waals surface area (Å²) in [5.41, 5.74) is 0.775. The molecule has 9 heavy (non-hydrogen) atoms. The largest absolute Gasteiger partial charge is 0.378 e. The van der Waals surface area contributed by atoms with Crippen LogP contribution in [0.1, 0.15) is 32.6 Å². The molecule has 0 aromatic heterocycles. The minimum Gasteiger partial charge on any atom is -0.378 e. The van der Waals surface area contributed by atoms with Gasteiger partial charge < -0.3 is 4.74 Å². The van der Waals surface area contributed by atoms with E-state index in [1.807, 2.05) is 0 Å². The highest BCUT2D eigenvalue weighted by Crippen LogP contribution is 2.54. The van der Waals surface area contributed by atoms with E-state index in [1.165, 1.54) is 25.7 Å². The summed E-state index contributed by atoms with van der Waals surface area (Å²) in [5, 5.41) is 0. The molecule has 0 aromatic carbocycles. The zero-order chi connectivity index (χ0) is 6.32. The van der Waals surface area contributed by atoms with Crippen LogP contribution in [0.4, 0.5) is 0 Å². The van der Waals surface area contributed by atoms with Gasteiger partial charge in [0.2, 0.25) is 0 Å². The van der Waals surface area contributed by atoms with Crippen molar-refractivity contribution in [1.29, 1.82) is 0 Å². The van der Waals surface area contributed by atoms with Gasteiger partial charge in [-0.3, -0.25) is 0 Å². The van der Waals surface area contributed by atoms with E-state index in [4.69, 9.17) is 4.74 Å². The van der Waals surface area contributed by atoms with Crippen molar-refractivity contribution in [2.75, 3.05) is 6.61 Å². The topological polar surface area (TPSA) is 9.23 Å². The molecule has 1 heteroatoms. The van der Waals surface area contributed by atoms with Crippen LogP contribution in [-0.4, -0.2) is 12.7 Å². The molecule has 0 radical (unpaired) electrons.